The maximum Gasteiger partial charge on any atom is 0.139 e. The highest BCUT2D eigenvalue weighted by Gasteiger charge is 2.20. The van der Waals surface area contributed by atoms with Crippen LogP contribution < -0.4 is 5.32 Å². The quantitative estimate of drug-likeness (QED) is 0.595. The predicted octanol–water partition coefficient (Wildman–Crippen LogP) is 2.03. The minimum Gasteiger partial charge on any atom is -0.343 e. The van der Waals surface area contributed by atoms with Gasteiger partial charge in [0.2, 0.25) is 0 Å². The summed E-state index contributed by atoms with van der Waals surface area (Å²) in [6, 6.07) is 0. The van der Waals surface area contributed by atoms with Crippen LogP contribution in [0.3, 0.4) is 0 Å². The van der Waals surface area contributed by atoms with E-state index in [1.165, 1.54) is 0 Å². The van der Waals surface area contributed by atoms with Crippen molar-refractivity contribution in [1.82, 2.24) is 10.2 Å². The van der Waals surface area contributed by atoms with Crippen LogP contribution in [-0.4, -0.2) is 17.7 Å². The lowest BCUT2D eigenvalue weighted by Crippen LogP contribution is -2.26. The Morgan fingerprint density at radius 1 is 1.40 bits per heavy atom. The number of halogens is 2. The second kappa shape index (κ2) is 4.13. The van der Waals surface area contributed by atoms with Gasteiger partial charge in [-0.15, -0.1) is 0 Å². The molecule has 1 N–H and O–H groups in total. The van der Waals surface area contributed by atoms with E-state index in [2.05, 4.69) is 5.32 Å². The second-order valence-electron chi connectivity index (χ2n) is 3.06. The van der Waals surface area contributed by atoms with Gasteiger partial charge in [0, 0.05) is 11.8 Å². The third-order valence-electron chi connectivity index (χ3n) is 2.11. The van der Waals surface area contributed by atoms with E-state index < -0.39 is 0 Å². The zero-order valence-electron chi connectivity index (χ0n) is 7.71. The fourth-order valence-electron chi connectivity index (χ4n) is 1.39. The van der Waals surface area contributed by atoms with E-state index in [0.717, 1.165) is 17.6 Å². The van der Waals surface area contributed by atoms with Crippen LogP contribution in [0.4, 0.5) is 0 Å². The Morgan fingerprint density at radius 3 is 2.93 bits per heavy atom. The van der Waals surface area contributed by atoms with E-state index in [1.54, 1.807) is 17.2 Å². The molecular formula is C10H8Cl2N2O. The Morgan fingerprint density at radius 2 is 2.20 bits per heavy atom. The molecule has 0 fully saturated rings. The molecule has 5 heteroatoms. The average molecular weight is 243 g/mol. The fourth-order valence-corrected chi connectivity index (χ4v) is 1.83. The lowest BCUT2D eigenvalue weighted by Gasteiger charge is -2.27. The molecule has 3 nitrogen and oxygen atoms in total. The van der Waals surface area contributed by atoms with Crippen molar-refractivity contribution < 1.29 is 4.79 Å². The molecule has 0 atom stereocenters. The van der Waals surface area contributed by atoms with Gasteiger partial charge in [-0.25, -0.2) is 0 Å². The number of nitrogens with zero attached hydrogens (tertiary/aromatic N) is 1. The summed E-state index contributed by atoms with van der Waals surface area (Å²) in [5.41, 5.74) is 1.68. The normalized spacial score (nSPS) is 19.2. The summed E-state index contributed by atoms with van der Waals surface area (Å²) in [5, 5.41) is 3.94. The monoisotopic (exact) mass is 242 g/mol. The predicted molar refractivity (Wildman–Crippen MR) is 59.9 cm³/mol. The average Bonchev–Trinajstić information content (AvgIpc) is 2.23. The van der Waals surface area contributed by atoms with Gasteiger partial charge in [0.15, 0.2) is 0 Å². The molecule has 2 aliphatic heterocycles. The van der Waals surface area contributed by atoms with Gasteiger partial charge in [-0.2, -0.15) is 0 Å². The van der Waals surface area contributed by atoms with E-state index in [0.29, 0.717) is 10.3 Å². The van der Waals surface area contributed by atoms with Gasteiger partial charge in [0.25, 0.3) is 0 Å². The Balaban J connectivity index is 2.35. The van der Waals surface area contributed by atoms with Crippen molar-refractivity contribution >= 4 is 29.5 Å². The van der Waals surface area contributed by atoms with E-state index in [-0.39, 0.29) is 6.54 Å². The van der Waals surface area contributed by atoms with E-state index >= 15 is 0 Å². The minimum absolute atomic E-state index is 0.231. The van der Waals surface area contributed by atoms with Gasteiger partial charge in [-0.3, -0.25) is 0 Å². The second-order valence-corrected chi connectivity index (χ2v) is 3.83. The lowest BCUT2D eigenvalue weighted by molar-refractivity contribution is -0.108. The molecule has 78 valence electrons. The lowest BCUT2D eigenvalue weighted by atomic mass is 10.1. The number of carbonyl (C=O) groups is 1. The Bertz CT molecular complexity index is 421. The molecule has 2 aliphatic rings. The molecule has 0 saturated carbocycles. The molecule has 0 aromatic rings. The first-order valence-corrected chi connectivity index (χ1v) is 5.11. The number of allylic oxidation sites excluding steroid dienone is 3. The van der Waals surface area contributed by atoms with Crippen molar-refractivity contribution in [3.8, 4) is 0 Å². The van der Waals surface area contributed by atoms with Crippen LogP contribution in [0.1, 0.15) is 0 Å². The topological polar surface area (TPSA) is 32.3 Å². The highest BCUT2D eigenvalue weighted by molar-refractivity contribution is 6.31. The number of aldehydes is 1. The van der Waals surface area contributed by atoms with Crippen molar-refractivity contribution in [2.75, 3.05) is 6.54 Å². The molecule has 2 rings (SSSR count). The van der Waals surface area contributed by atoms with E-state index in [4.69, 9.17) is 23.2 Å². The number of hydrogen-bond acceptors (Lipinski definition) is 3. The molecule has 0 radical (unpaired) electrons. The molecule has 0 saturated heterocycles. The summed E-state index contributed by atoms with van der Waals surface area (Å²) >= 11 is 11.9. The van der Waals surface area contributed by atoms with Gasteiger partial charge in [0.05, 0.1) is 12.2 Å². The standard InChI is InChI=1S/C10H8Cl2N2O/c11-8-2-1-7-3-4-14(5-6-15)10(12)9(7)13-8/h1-4,6,13H,5H2. The molecule has 0 amide bonds. The van der Waals surface area contributed by atoms with Crippen LogP contribution in [0.15, 0.2) is 46.0 Å². The van der Waals surface area contributed by atoms with Crippen molar-refractivity contribution in [2.45, 2.75) is 0 Å². The summed E-state index contributed by atoms with van der Waals surface area (Å²) in [5.74, 6) is 0. The van der Waals surface area contributed by atoms with Crippen LogP contribution in [0.25, 0.3) is 0 Å². The summed E-state index contributed by atoms with van der Waals surface area (Å²) in [6.45, 7) is 0.231. The maximum absolute atomic E-state index is 10.4. The van der Waals surface area contributed by atoms with E-state index in [1.807, 2.05) is 12.2 Å². The number of dihydropyridines is 1. The molecule has 0 aliphatic carbocycles. The zero-order valence-corrected chi connectivity index (χ0v) is 9.22. The number of carbonyl (C=O) groups excluding carboxylic acids is 1. The highest BCUT2D eigenvalue weighted by Crippen LogP contribution is 2.29. The number of fused-ring (bicyclic) bond motifs is 1. The number of hydrogen-bond donors (Lipinski definition) is 1. The molecule has 0 bridgehead atoms. The molecule has 0 spiro atoms. The van der Waals surface area contributed by atoms with E-state index in [9.17, 15) is 4.79 Å². The van der Waals surface area contributed by atoms with Crippen LogP contribution in [0.5, 0.6) is 0 Å². The molecular weight excluding hydrogens is 235 g/mol. The van der Waals surface area contributed by atoms with Crippen LogP contribution >= 0.6 is 23.2 Å². The largest absolute Gasteiger partial charge is 0.343 e. The van der Waals surface area contributed by atoms with Crippen LogP contribution in [0, 0.1) is 0 Å². The van der Waals surface area contributed by atoms with Gasteiger partial charge in [0.1, 0.15) is 16.6 Å². The summed E-state index contributed by atoms with van der Waals surface area (Å²) in [6.07, 6.45) is 8.05. The summed E-state index contributed by atoms with van der Waals surface area (Å²) in [4.78, 5) is 12.1. The van der Waals surface area contributed by atoms with Crippen molar-refractivity contribution in [3.63, 3.8) is 0 Å². The van der Waals surface area contributed by atoms with Gasteiger partial charge < -0.3 is 15.0 Å². The molecule has 2 heterocycles. The first-order chi connectivity index (χ1) is 7.22. The zero-order chi connectivity index (χ0) is 10.8. The number of nitrogens with one attached hydrogen (secondary N) is 1. The number of rotatable bonds is 2. The smallest absolute Gasteiger partial charge is 0.139 e. The maximum atomic E-state index is 10.4. The van der Waals surface area contributed by atoms with Crippen molar-refractivity contribution in [2.24, 2.45) is 0 Å². The Hall–Kier alpha value is -1.19. The van der Waals surface area contributed by atoms with Crippen LogP contribution in [-0.2, 0) is 4.79 Å². The molecule has 0 unspecified atom stereocenters. The first kappa shape index (κ1) is 10.3. The Kier molecular flexibility index (Phi) is 2.84. The van der Waals surface area contributed by atoms with Crippen LogP contribution in [0.2, 0.25) is 0 Å². The fraction of sp³-hybridized carbons (Fsp3) is 0.100. The third kappa shape index (κ3) is 1.94. The molecule has 0 aromatic carbocycles. The molecule has 0 aromatic heterocycles. The first-order valence-electron chi connectivity index (χ1n) is 4.35. The van der Waals surface area contributed by atoms with Crippen molar-refractivity contribution in [3.05, 3.63) is 46.0 Å². The molecule has 15 heavy (non-hydrogen) atoms. The highest BCUT2D eigenvalue weighted by atomic mass is 35.5. The summed E-state index contributed by atoms with van der Waals surface area (Å²) in [7, 11) is 0. The SMILES string of the molecule is O=CCN1C=CC2=CC=C(Cl)NC2=C1Cl. The van der Waals surface area contributed by atoms with Gasteiger partial charge >= 0.3 is 0 Å². The third-order valence-corrected chi connectivity index (χ3v) is 2.73. The van der Waals surface area contributed by atoms with Gasteiger partial charge in [-0.05, 0) is 18.2 Å². The van der Waals surface area contributed by atoms with Gasteiger partial charge in [-0.1, -0.05) is 23.2 Å². The Labute approximate surface area is 97.3 Å². The minimum atomic E-state index is 0.231. The van der Waals surface area contributed by atoms with Crippen molar-refractivity contribution in [1.29, 1.82) is 0 Å². The summed E-state index contributed by atoms with van der Waals surface area (Å²) < 4.78 is 0.